The first-order valence-corrected chi connectivity index (χ1v) is 5.96. The van der Waals surface area contributed by atoms with Gasteiger partial charge in [0.05, 0.1) is 5.69 Å². The standard InChI is InChI=1S/C14H13ClN2O/c1-10-9-11(2)17(16-10)14(18)8-7-12-5-3-4-6-13(12)15/h3-9H,1-2H3/b8-7+. The van der Waals surface area contributed by atoms with Crippen molar-refractivity contribution in [3.63, 3.8) is 0 Å². The molecule has 0 aliphatic heterocycles. The van der Waals surface area contributed by atoms with E-state index >= 15 is 0 Å². The number of nitrogens with zero attached hydrogens (tertiary/aromatic N) is 2. The van der Waals surface area contributed by atoms with E-state index in [9.17, 15) is 4.79 Å². The van der Waals surface area contributed by atoms with E-state index < -0.39 is 0 Å². The number of allylic oxidation sites excluding steroid dienone is 1. The molecule has 0 saturated carbocycles. The molecule has 0 N–H and O–H groups in total. The Hall–Kier alpha value is -1.87. The smallest absolute Gasteiger partial charge is 0.267 e. The van der Waals surface area contributed by atoms with Crippen LogP contribution < -0.4 is 0 Å². The molecule has 0 saturated heterocycles. The minimum Gasteiger partial charge on any atom is -0.267 e. The second-order valence-electron chi connectivity index (χ2n) is 4.03. The molecule has 1 aromatic heterocycles. The van der Waals surface area contributed by atoms with E-state index in [1.165, 1.54) is 10.8 Å². The van der Waals surface area contributed by atoms with Gasteiger partial charge in [-0.1, -0.05) is 29.8 Å². The van der Waals surface area contributed by atoms with Gasteiger partial charge in [0.1, 0.15) is 0 Å². The number of hydrogen-bond acceptors (Lipinski definition) is 2. The minimum absolute atomic E-state index is 0.180. The molecule has 3 nitrogen and oxygen atoms in total. The number of benzene rings is 1. The fourth-order valence-corrected chi connectivity index (χ4v) is 1.89. The summed E-state index contributed by atoms with van der Waals surface area (Å²) < 4.78 is 1.38. The molecule has 0 unspecified atom stereocenters. The van der Waals surface area contributed by atoms with E-state index in [4.69, 9.17) is 11.6 Å². The predicted molar refractivity (Wildman–Crippen MR) is 72.8 cm³/mol. The fraction of sp³-hybridized carbons (Fsp3) is 0.143. The Bertz CT molecular complexity index is 614. The predicted octanol–water partition coefficient (Wildman–Crippen LogP) is 3.51. The largest absolute Gasteiger partial charge is 0.271 e. The Morgan fingerprint density at radius 2 is 2.06 bits per heavy atom. The molecular formula is C14H13ClN2O. The quantitative estimate of drug-likeness (QED) is 0.775. The number of aromatic nitrogens is 2. The summed E-state index contributed by atoms with van der Waals surface area (Å²) in [6.45, 7) is 3.70. The SMILES string of the molecule is Cc1cc(C)n(C(=O)/C=C/c2ccccc2Cl)n1. The third kappa shape index (κ3) is 2.68. The summed E-state index contributed by atoms with van der Waals surface area (Å²) in [5.74, 6) is -0.180. The molecule has 18 heavy (non-hydrogen) atoms. The molecule has 0 fully saturated rings. The highest BCUT2D eigenvalue weighted by molar-refractivity contribution is 6.32. The topological polar surface area (TPSA) is 34.9 Å². The van der Waals surface area contributed by atoms with Crippen LogP contribution in [-0.4, -0.2) is 15.7 Å². The van der Waals surface area contributed by atoms with Crippen LogP contribution in [0.4, 0.5) is 0 Å². The lowest BCUT2D eigenvalue weighted by Crippen LogP contribution is -2.10. The lowest BCUT2D eigenvalue weighted by atomic mass is 10.2. The van der Waals surface area contributed by atoms with Gasteiger partial charge in [0.15, 0.2) is 0 Å². The Labute approximate surface area is 111 Å². The van der Waals surface area contributed by atoms with Crippen molar-refractivity contribution in [2.24, 2.45) is 0 Å². The molecule has 0 radical (unpaired) electrons. The number of carbonyl (C=O) groups is 1. The maximum atomic E-state index is 11.9. The summed E-state index contributed by atoms with van der Waals surface area (Å²) in [6, 6.07) is 9.23. The van der Waals surface area contributed by atoms with Gasteiger partial charge in [-0.25, -0.2) is 4.68 Å². The van der Waals surface area contributed by atoms with Gasteiger partial charge < -0.3 is 0 Å². The summed E-state index contributed by atoms with van der Waals surface area (Å²) >= 11 is 6.00. The first-order chi connectivity index (χ1) is 8.58. The summed E-state index contributed by atoms with van der Waals surface area (Å²) in [4.78, 5) is 11.9. The fourth-order valence-electron chi connectivity index (χ4n) is 1.69. The second kappa shape index (κ2) is 5.19. The van der Waals surface area contributed by atoms with Crippen LogP contribution in [0.1, 0.15) is 21.7 Å². The molecule has 1 heterocycles. The third-order valence-electron chi connectivity index (χ3n) is 2.53. The third-order valence-corrected chi connectivity index (χ3v) is 2.87. The van der Waals surface area contributed by atoms with Crippen LogP contribution in [0, 0.1) is 13.8 Å². The minimum atomic E-state index is -0.180. The van der Waals surface area contributed by atoms with Crippen LogP contribution in [0.15, 0.2) is 36.4 Å². The van der Waals surface area contributed by atoms with E-state index in [1.807, 2.05) is 38.1 Å². The van der Waals surface area contributed by atoms with Crippen LogP contribution in [0.3, 0.4) is 0 Å². The molecule has 0 atom stereocenters. The first-order valence-electron chi connectivity index (χ1n) is 5.58. The summed E-state index contributed by atoms with van der Waals surface area (Å²) in [7, 11) is 0. The molecule has 2 rings (SSSR count). The molecular weight excluding hydrogens is 248 g/mol. The molecule has 0 amide bonds. The Kier molecular flexibility index (Phi) is 3.63. The zero-order valence-electron chi connectivity index (χ0n) is 10.2. The number of carbonyl (C=O) groups excluding carboxylic acids is 1. The average Bonchev–Trinajstić information content (AvgIpc) is 2.67. The van der Waals surface area contributed by atoms with Crippen LogP contribution in [0.2, 0.25) is 5.02 Å². The normalized spacial score (nSPS) is 11.1. The molecule has 0 bridgehead atoms. The van der Waals surface area contributed by atoms with Crippen molar-refractivity contribution in [1.82, 2.24) is 9.78 Å². The second-order valence-corrected chi connectivity index (χ2v) is 4.44. The van der Waals surface area contributed by atoms with Crippen LogP contribution in [-0.2, 0) is 0 Å². The number of rotatable bonds is 2. The summed E-state index contributed by atoms with van der Waals surface area (Å²) in [5, 5.41) is 4.75. The Morgan fingerprint density at radius 3 is 2.67 bits per heavy atom. The van der Waals surface area contributed by atoms with Gasteiger partial charge >= 0.3 is 0 Å². The lowest BCUT2D eigenvalue weighted by Gasteiger charge is -1.99. The highest BCUT2D eigenvalue weighted by Gasteiger charge is 2.06. The molecule has 0 aliphatic carbocycles. The number of aryl methyl sites for hydroxylation is 2. The van der Waals surface area contributed by atoms with E-state index in [1.54, 1.807) is 12.1 Å². The van der Waals surface area contributed by atoms with E-state index in [0.29, 0.717) is 5.02 Å². The summed E-state index contributed by atoms with van der Waals surface area (Å²) in [6.07, 6.45) is 3.17. The van der Waals surface area contributed by atoms with Crippen molar-refractivity contribution in [2.75, 3.05) is 0 Å². The van der Waals surface area contributed by atoms with Gasteiger partial charge in [0.25, 0.3) is 5.91 Å². The van der Waals surface area contributed by atoms with Gasteiger partial charge in [0.2, 0.25) is 0 Å². The first kappa shape index (κ1) is 12.6. The zero-order valence-corrected chi connectivity index (χ0v) is 11.0. The highest BCUT2D eigenvalue weighted by atomic mass is 35.5. The maximum absolute atomic E-state index is 11.9. The number of hydrogen-bond donors (Lipinski definition) is 0. The lowest BCUT2D eigenvalue weighted by molar-refractivity contribution is 0.0952. The van der Waals surface area contributed by atoms with Crippen molar-refractivity contribution in [1.29, 1.82) is 0 Å². The zero-order chi connectivity index (χ0) is 13.1. The number of halogens is 1. The van der Waals surface area contributed by atoms with Crippen LogP contribution in [0.5, 0.6) is 0 Å². The van der Waals surface area contributed by atoms with Gasteiger partial charge in [-0.05, 0) is 37.6 Å². The van der Waals surface area contributed by atoms with Gasteiger partial charge in [-0.2, -0.15) is 5.10 Å². The van der Waals surface area contributed by atoms with Crippen molar-refractivity contribution in [3.8, 4) is 0 Å². The summed E-state index contributed by atoms with van der Waals surface area (Å²) in [5.41, 5.74) is 2.46. The monoisotopic (exact) mass is 260 g/mol. The molecule has 4 heteroatoms. The molecule has 92 valence electrons. The van der Waals surface area contributed by atoms with Crippen molar-refractivity contribution in [2.45, 2.75) is 13.8 Å². The maximum Gasteiger partial charge on any atom is 0.271 e. The van der Waals surface area contributed by atoms with E-state index in [2.05, 4.69) is 5.10 Å². The van der Waals surface area contributed by atoms with E-state index in [0.717, 1.165) is 17.0 Å². The Balaban J connectivity index is 2.22. The average molecular weight is 261 g/mol. The molecule has 0 aliphatic rings. The van der Waals surface area contributed by atoms with Crippen molar-refractivity contribution >= 4 is 23.6 Å². The van der Waals surface area contributed by atoms with Gasteiger partial charge in [0, 0.05) is 16.8 Å². The molecule has 1 aromatic carbocycles. The van der Waals surface area contributed by atoms with Gasteiger partial charge in [-0.3, -0.25) is 4.79 Å². The van der Waals surface area contributed by atoms with Gasteiger partial charge in [-0.15, -0.1) is 0 Å². The Morgan fingerprint density at radius 1 is 1.33 bits per heavy atom. The van der Waals surface area contributed by atoms with Crippen molar-refractivity contribution in [3.05, 3.63) is 58.4 Å². The van der Waals surface area contributed by atoms with Crippen LogP contribution >= 0.6 is 11.6 Å². The van der Waals surface area contributed by atoms with E-state index in [-0.39, 0.29) is 5.91 Å². The molecule has 0 spiro atoms. The highest BCUT2D eigenvalue weighted by Crippen LogP contribution is 2.16. The molecule has 2 aromatic rings. The van der Waals surface area contributed by atoms with Crippen LogP contribution in [0.25, 0.3) is 6.08 Å². The van der Waals surface area contributed by atoms with Crippen molar-refractivity contribution < 1.29 is 4.79 Å².